The molecule has 1 amide bonds. The lowest BCUT2D eigenvalue weighted by molar-refractivity contribution is -0.138. The highest BCUT2D eigenvalue weighted by molar-refractivity contribution is 5.91. The first-order valence-electron chi connectivity index (χ1n) is 15.3. The predicted molar refractivity (Wildman–Crippen MR) is 164 cm³/mol. The Morgan fingerprint density at radius 2 is 1.69 bits per heavy atom. The second-order valence-electron chi connectivity index (χ2n) is 13.2. The van der Waals surface area contributed by atoms with Gasteiger partial charge in [-0.05, 0) is 103 Å². The third-order valence-electron chi connectivity index (χ3n) is 9.03. The SMILES string of the molecule is COC(=O)c1ccc(-c2cc(C3=C(CN4C(=O)O[C@H](c5cc(C)cc(C(F)(F)F)c5)[C@@H]4C)CC(C)(C)CC3)ccc2F)c(C(F)(F)F)c1. The van der Waals surface area contributed by atoms with Crippen LogP contribution in [0.25, 0.3) is 16.7 Å². The number of esters is 1. The maximum atomic E-state index is 15.3. The number of carbonyl (C=O) groups excluding carboxylic acids is 2. The summed E-state index contributed by atoms with van der Waals surface area (Å²) in [5, 5.41) is 0. The Hall–Kier alpha value is -4.35. The number of ether oxygens (including phenoxy) is 2. The van der Waals surface area contributed by atoms with E-state index in [2.05, 4.69) is 4.74 Å². The first-order chi connectivity index (χ1) is 22.3. The molecular formula is C36H34F7NO4. The second-order valence-corrected chi connectivity index (χ2v) is 13.2. The van der Waals surface area contributed by atoms with Crippen LogP contribution in [-0.2, 0) is 21.8 Å². The Kier molecular flexibility index (Phi) is 9.17. The fourth-order valence-corrected chi connectivity index (χ4v) is 6.60. The zero-order chi connectivity index (χ0) is 35.3. The van der Waals surface area contributed by atoms with Gasteiger partial charge in [-0.2, -0.15) is 26.3 Å². The van der Waals surface area contributed by atoms with E-state index < -0.39 is 59.1 Å². The number of cyclic esters (lactones) is 1. The molecule has 3 aromatic carbocycles. The summed E-state index contributed by atoms with van der Waals surface area (Å²) in [6.45, 7) is 7.35. The summed E-state index contributed by atoms with van der Waals surface area (Å²) in [6, 6.07) is 9.60. The molecule has 1 aliphatic carbocycles. The lowest BCUT2D eigenvalue weighted by Gasteiger charge is -2.35. The number of alkyl halides is 6. The molecule has 1 aliphatic heterocycles. The van der Waals surface area contributed by atoms with Crippen molar-refractivity contribution < 1.29 is 49.8 Å². The summed E-state index contributed by atoms with van der Waals surface area (Å²) in [4.78, 5) is 26.6. The number of carbonyl (C=O) groups is 2. The van der Waals surface area contributed by atoms with Crippen molar-refractivity contribution in [3.8, 4) is 11.1 Å². The van der Waals surface area contributed by atoms with Crippen LogP contribution in [-0.4, -0.2) is 36.7 Å². The zero-order valence-corrected chi connectivity index (χ0v) is 26.9. The monoisotopic (exact) mass is 677 g/mol. The van der Waals surface area contributed by atoms with E-state index in [0.29, 0.717) is 36.5 Å². The van der Waals surface area contributed by atoms with E-state index in [1.54, 1.807) is 13.0 Å². The average molecular weight is 678 g/mol. The van der Waals surface area contributed by atoms with Gasteiger partial charge in [0.15, 0.2) is 0 Å². The lowest BCUT2D eigenvalue weighted by atomic mass is 9.72. The van der Waals surface area contributed by atoms with Crippen molar-refractivity contribution in [1.29, 1.82) is 0 Å². The van der Waals surface area contributed by atoms with Crippen molar-refractivity contribution in [1.82, 2.24) is 4.90 Å². The highest BCUT2D eigenvalue weighted by Gasteiger charge is 2.43. The average Bonchev–Trinajstić information content (AvgIpc) is 3.28. The normalized spacial score (nSPS) is 19.8. The van der Waals surface area contributed by atoms with Gasteiger partial charge in [-0.1, -0.05) is 37.6 Å². The number of allylic oxidation sites excluding steroid dienone is 1. The van der Waals surface area contributed by atoms with Crippen LogP contribution in [0.15, 0.2) is 60.2 Å². The number of rotatable bonds is 6. The highest BCUT2D eigenvalue weighted by atomic mass is 19.4. The van der Waals surface area contributed by atoms with Crippen LogP contribution in [0.1, 0.15) is 84.3 Å². The van der Waals surface area contributed by atoms with E-state index >= 15 is 4.39 Å². The Labute approximate surface area is 273 Å². The molecule has 1 heterocycles. The van der Waals surface area contributed by atoms with Gasteiger partial charge in [-0.3, -0.25) is 4.90 Å². The van der Waals surface area contributed by atoms with Crippen LogP contribution in [0.4, 0.5) is 35.5 Å². The number of benzene rings is 3. The maximum absolute atomic E-state index is 15.3. The first-order valence-corrected chi connectivity index (χ1v) is 15.3. The molecule has 256 valence electrons. The van der Waals surface area contributed by atoms with Crippen molar-refractivity contribution in [2.24, 2.45) is 5.41 Å². The molecule has 1 saturated heterocycles. The zero-order valence-electron chi connectivity index (χ0n) is 26.9. The molecule has 0 spiro atoms. The molecule has 0 N–H and O–H groups in total. The van der Waals surface area contributed by atoms with Gasteiger partial charge < -0.3 is 9.47 Å². The largest absolute Gasteiger partial charge is 0.465 e. The summed E-state index contributed by atoms with van der Waals surface area (Å²) in [5.74, 6) is -1.87. The summed E-state index contributed by atoms with van der Waals surface area (Å²) in [7, 11) is 1.04. The van der Waals surface area contributed by atoms with Gasteiger partial charge in [-0.25, -0.2) is 14.0 Å². The van der Waals surface area contributed by atoms with Crippen LogP contribution in [0, 0.1) is 18.2 Å². The molecule has 5 rings (SSSR count). The molecule has 0 unspecified atom stereocenters. The van der Waals surface area contributed by atoms with Gasteiger partial charge in [0.05, 0.1) is 29.8 Å². The van der Waals surface area contributed by atoms with Crippen LogP contribution < -0.4 is 0 Å². The van der Waals surface area contributed by atoms with Crippen molar-refractivity contribution in [3.05, 3.63) is 99.4 Å². The number of halogens is 7. The number of aryl methyl sites for hydroxylation is 1. The van der Waals surface area contributed by atoms with E-state index in [4.69, 9.17) is 4.74 Å². The van der Waals surface area contributed by atoms with Gasteiger partial charge in [0, 0.05) is 12.1 Å². The van der Waals surface area contributed by atoms with Crippen LogP contribution in [0.2, 0.25) is 0 Å². The Bertz CT molecular complexity index is 1790. The molecule has 0 aromatic heterocycles. The number of nitrogens with zero attached hydrogens (tertiary/aromatic N) is 1. The molecular weight excluding hydrogens is 643 g/mol. The van der Waals surface area contributed by atoms with Crippen molar-refractivity contribution in [2.45, 2.75) is 71.5 Å². The molecule has 3 aromatic rings. The fraction of sp³-hybridized carbons (Fsp3) is 0.389. The van der Waals surface area contributed by atoms with E-state index in [9.17, 15) is 35.9 Å². The Morgan fingerprint density at radius 1 is 0.979 bits per heavy atom. The molecule has 48 heavy (non-hydrogen) atoms. The molecule has 0 saturated carbocycles. The third-order valence-corrected chi connectivity index (χ3v) is 9.03. The Morgan fingerprint density at radius 3 is 2.33 bits per heavy atom. The standard InChI is InChI=1S/C36H34F7NO4/c1-19-12-23(14-25(13-19)35(38,39)40)31-20(2)44(33(46)48-31)18-24-17-34(3,4)11-10-26(24)21-7-9-30(37)28(15-21)27-8-6-22(32(45)47-5)16-29(27)36(41,42)43/h6-9,12-16,20,31H,10-11,17-18H2,1-5H3/t20-,31-/m0/s1. The summed E-state index contributed by atoms with van der Waals surface area (Å²) < 4.78 is 109. The maximum Gasteiger partial charge on any atom is 0.417 e. The second kappa shape index (κ2) is 12.6. The predicted octanol–water partition coefficient (Wildman–Crippen LogP) is 10.2. The summed E-state index contributed by atoms with van der Waals surface area (Å²) in [5.41, 5.74) is -0.817. The van der Waals surface area contributed by atoms with E-state index in [1.807, 2.05) is 13.8 Å². The third kappa shape index (κ3) is 7.07. The van der Waals surface area contributed by atoms with Crippen molar-refractivity contribution in [2.75, 3.05) is 13.7 Å². The van der Waals surface area contributed by atoms with Crippen LogP contribution in [0.5, 0.6) is 0 Å². The number of methoxy groups -OCH3 is 1. The number of amides is 1. The van der Waals surface area contributed by atoms with Crippen LogP contribution >= 0.6 is 0 Å². The Balaban J connectivity index is 1.55. The highest BCUT2D eigenvalue weighted by Crippen LogP contribution is 2.46. The van der Waals surface area contributed by atoms with Crippen molar-refractivity contribution >= 4 is 17.6 Å². The molecule has 2 aliphatic rings. The molecule has 12 heteroatoms. The van der Waals surface area contributed by atoms with Crippen molar-refractivity contribution in [3.63, 3.8) is 0 Å². The van der Waals surface area contributed by atoms with Gasteiger partial charge >= 0.3 is 24.4 Å². The fourth-order valence-electron chi connectivity index (χ4n) is 6.60. The molecule has 5 nitrogen and oxygen atoms in total. The molecule has 0 radical (unpaired) electrons. The van der Waals surface area contributed by atoms with Crippen LogP contribution in [0.3, 0.4) is 0 Å². The minimum Gasteiger partial charge on any atom is -0.465 e. The van der Waals surface area contributed by atoms with Gasteiger partial charge in [0.2, 0.25) is 0 Å². The smallest absolute Gasteiger partial charge is 0.417 e. The topological polar surface area (TPSA) is 55.8 Å². The number of hydrogen-bond acceptors (Lipinski definition) is 4. The van der Waals surface area contributed by atoms with Gasteiger partial charge in [0.1, 0.15) is 11.9 Å². The summed E-state index contributed by atoms with van der Waals surface area (Å²) in [6.07, 6.45) is -9.50. The minimum absolute atomic E-state index is 0.0571. The van der Waals surface area contributed by atoms with Gasteiger partial charge in [-0.15, -0.1) is 0 Å². The van der Waals surface area contributed by atoms with E-state index in [0.717, 1.165) is 48.6 Å². The molecule has 0 bridgehead atoms. The van der Waals surface area contributed by atoms with Gasteiger partial charge in [0.25, 0.3) is 0 Å². The van der Waals surface area contributed by atoms with E-state index in [1.165, 1.54) is 24.0 Å². The first kappa shape index (κ1) is 35.0. The number of hydrogen-bond donors (Lipinski definition) is 0. The lowest BCUT2D eigenvalue weighted by Crippen LogP contribution is -2.35. The summed E-state index contributed by atoms with van der Waals surface area (Å²) >= 11 is 0. The molecule has 1 fully saturated rings. The molecule has 2 atom stereocenters. The van der Waals surface area contributed by atoms with E-state index in [-0.39, 0.29) is 28.7 Å². The minimum atomic E-state index is -4.91. The quantitative estimate of drug-likeness (QED) is 0.193.